The smallest absolute Gasteiger partial charge is 0.216 e. The summed E-state index contributed by atoms with van der Waals surface area (Å²) in [7, 11) is 0. The molecular weight excluding hydrogens is 190 g/mol. The van der Waals surface area contributed by atoms with Crippen LogP contribution >= 0.6 is 0 Å². The van der Waals surface area contributed by atoms with Crippen LogP contribution in [-0.4, -0.2) is 21.6 Å². The average molecular weight is 201 g/mol. The van der Waals surface area contributed by atoms with Crippen molar-refractivity contribution in [3.63, 3.8) is 0 Å². The van der Waals surface area contributed by atoms with E-state index in [0.29, 0.717) is 12.5 Å². The summed E-state index contributed by atoms with van der Waals surface area (Å²) in [5.41, 5.74) is 1.59. The van der Waals surface area contributed by atoms with Gasteiger partial charge >= 0.3 is 0 Å². The number of pyridine rings is 1. The fraction of sp³-hybridized carbons (Fsp3) is 0.182. The van der Waals surface area contributed by atoms with Gasteiger partial charge in [-0.1, -0.05) is 6.07 Å². The third-order valence-corrected chi connectivity index (χ3v) is 1.86. The van der Waals surface area contributed by atoms with E-state index >= 15 is 0 Å². The van der Waals surface area contributed by atoms with E-state index in [4.69, 9.17) is 4.74 Å². The predicted molar refractivity (Wildman–Crippen MR) is 56.4 cm³/mol. The van der Waals surface area contributed by atoms with Crippen molar-refractivity contribution in [3.8, 4) is 17.3 Å². The molecule has 4 nitrogen and oxygen atoms in total. The van der Waals surface area contributed by atoms with Crippen molar-refractivity contribution in [1.29, 1.82) is 0 Å². The lowest BCUT2D eigenvalue weighted by Crippen LogP contribution is -1.96. The van der Waals surface area contributed by atoms with Crippen molar-refractivity contribution < 1.29 is 4.74 Å². The maximum absolute atomic E-state index is 5.29. The third-order valence-electron chi connectivity index (χ3n) is 1.86. The highest BCUT2D eigenvalue weighted by Crippen LogP contribution is 2.16. The van der Waals surface area contributed by atoms with Crippen LogP contribution in [0.15, 0.2) is 36.8 Å². The standard InChI is InChI=1S/C11H11N3O/c1-2-15-11-7-10(13-8-14-11)9-5-3-4-6-12-9/h3-8H,2H2,1H3. The predicted octanol–water partition coefficient (Wildman–Crippen LogP) is 1.94. The lowest BCUT2D eigenvalue weighted by Gasteiger charge is -2.03. The van der Waals surface area contributed by atoms with Gasteiger partial charge in [0, 0.05) is 12.3 Å². The SMILES string of the molecule is CCOc1cc(-c2ccccn2)ncn1. The Balaban J connectivity index is 2.33. The molecule has 0 aliphatic carbocycles. The van der Waals surface area contributed by atoms with Gasteiger partial charge < -0.3 is 4.74 Å². The molecule has 0 aromatic carbocycles. The Hall–Kier alpha value is -1.97. The number of aromatic nitrogens is 3. The molecule has 0 atom stereocenters. The van der Waals surface area contributed by atoms with E-state index in [0.717, 1.165) is 11.4 Å². The van der Waals surface area contributed by atoms with E-state index in [9.17, 15) is 0 Å². The highest BCUT2D eigenvalue weighted by molar-refractivity contribution is 5.54. The zero-order chi connectivity index (χ0) is 10.5. The molecule has 0 aliphatic rings. The molecule has 4 heteroatoms. The molecule has 15 heavy (non-hydrogen) atoms. The summed E-state index contributed by atoms with van der Waals surface area (Å²) < 4.78 is 5.29. The summed E-state index contributed by atoms with van der Waals surface area (Å²) in [6, 6.07) is 7.48. The van der Waals surface area contributed by atoms with Gasteiger partial charge in [-0.25, -0.2) is 9.97 Å². The minimum absolute atomic E-state index is 0.577. The quantitative estimate of drug-likeness (QED) is 0.761. The van der Waals surface area contributed by atoms with Gasteiger partial charge in [-0.05, 0) is 19.1 Å². The zero-order valence-corrected chi connectivity index (χ0v) is 8.42. The van der Waals surface area contributed by atoms with Gasteiger partial charge in [-0.15, -0.1) is 0 Å². The van der Waals surface area contributed by atoms with E-state index in [2.05, 4.69) is 15.0 Å². The summed E-state index contributed by atoms with van der Waals surface area (Å²) in [5.74, 6) is 0.577. The second-order valence-corrected chi connectivity index (χ2v) is 2.89. The number of rotatable bonds is 3. The molecule has 0 radical (unpaired) electrons. The van der Waals surface area contributed by atoms with Crippen LogP contribution in [0, 0.1) is 0 Å². The second kappa shape index (κ2) is 4.50. The van der Waals surface area contributed by atoms with Crippen molar-refractivity contribution in [3.05, 3.63) is 36.8 Å². The first-order valence-electron chi connectivity index (χ1n) is 4.76. The molecule has 0 N–H and O–H groups in total. The van der Waals surface area contributed by atoms with E-state index in [1.165, 1.54) is 6.33 Å². The Morgan fingerprint density at radius 2 is 2.07 bits per heavy atom. The van der Waals surface area contributed by atoms with Crippen LogP contribution in [0.5, 0.6) is 5.88 Å². The lowest BCUT2D eigenvalue weighted by atomic mass is 10.2. The Bertz CT molecular complexity index is 431. The summed E-state index contributed by atoms with van der Waals surface area (Å²) in [5, 5.41) is 0. The largest absolute Gasteiger partial charge is 0.478 e. The van der Waals surface area contributed by atoms with Gasteiger partial charge in [0.1, 0.15) is 6.33 Å². The first-order chi connectivity index (χ1) is 7.40. The topological polar surface area (TPSA) is 47.9 Å². The summed E-state index contributed by atoms with van der Waals surface area (Å²) in [4.78, 5) is 12.3. The fourth-order valence-corrected chi connectivity index (χ4v) is 1.22. The molecule has 0 unspecified atom stereocenters. The number of hydrogen-bond donors (Lipinski definition) is 0. The van der Waals surface area contributed by atoms with Crippen LogP contribution in [0.2, 0.25) is 0 Å². The highest BCUT2D eigenvalue weighted by Gasteiger charge is 2.02. The van der Waals surface area contributed by atoms with Crippen LogP contribution in [0.25, 0.3) is 11.4 Å². The van der Waals surface area contributed by atoms with Crippen LogP contribution in [0.1, 0.15) is 6.92 Å². The molecule has 0 amide bonds. The van der Waals surface area contributed by atoms with E-state index in [-0.39, 0.29) is 0 Å². The van der Waals surface area contributed by atoms with Gasteiger partial charge in [-0.2, -0.15) is 0 Å². The number of nitrogens with zero attached hydrogens (tertiary/aromatic N) is 3. The van der Waals surface area contributed by atoms with Crippen molar-refractivity contribution in [1.82, 2.24) is 15.0 Å². The second-order valence-electron chi connectivity index (χ2n) is 2.89. The van der Waals surface area contributed by atoms with E-state index in [1.54, 1.807) is 12.3 Å². The first kappa shape index (κ1) is 9.58. The summed E-state index contributed by atoms with van der Waals surface area (Å²) in [6.45, 7) is 2.52. The monoisotopic (exact) mass is 201 g/mol. The molecule has 0 saturated carbocycles. The molecule has 2 aromatic rings. The molecule has 0 spiro atoms. The highest BCUT2D eigenvalue weighted by atomic mass is 16.5. The summed E-state index contributed by atoms with van der Waals surface area (Å²) in [6.07, 6.45) is 3.22. The van der Waals surface area contributed by atoms with Crippen molar-refractivity contribution >= 4 is 0 Å². The van der Waals surface area contributed by atoms with Crippen molar-refractivity contribution in [2.75, 3.05) is 6.61 Å². The number of hydrogen-bond acceptors (Lipinski definition) is 4. The molecule has 0 saturated heterocycles. The maximum Gasteiger partial charge on any atom is 0.216 e. The fourth-order valence-electron chi connectivity index (χ4n) is 1.22. The van der Waals surface area contributed by atoms with Crippen LogP contribution in [0.4, 0.5) is 0 Å². The van der Waals surface area contributed by atoms with Gasteiger partial charge in [0.15, 0.2) is 0 Å². The molecule has 76 valence electrons. The first-order valence-corrected chi connectivity index (χ1v) is 4.76. The molecular formula is C11H11N3O. The maximum atomic E-state index is 5.29. The van der Waals surface area contributed by atoms with Crippen LogP contribution < -0.4 is 4.74 Å². The van der Waals surface area contributed by atoms with Gasteiger partial charge in [0.05, 0.1) is 18.0 Å². The molecule has 2 heterocycles. The normalized spacial score (nSPS) is 9.93. The van der Waals surface area contributed by atoms with Crippen molar-refractivity contribution in [2.24, 2.45) is 0 Å². The Labute approximate surface area is 88.0 Å². The lowest BCUT2D eigenvalue weighted by molar-refractivity contribution is 0.326. The molecule has 2 rings (SSSR count). The van der Waals surface area contributed by atoms with Gasteiger partial charge in [0.25, 0.3) is 0 Å². The molecule has 0 bridgehead atoms. The van der Waals surface area contributed by atoms with Crippen LogP contribution in [0.3, 0.4) is 0 Å². The molecule has 0 aliphatic heterocycles. The van der Waals surface area contributed by atoms with Crippen LogP contribution in [-0.2, 0) is 0 Å². The minimum atomic E-state index is 0.577. The van der Waals surface area contributed by atoms with E-state index in [1.807, 2.05) is 25.1 Å². The Kier molecular flexibility index (Phi) is 2.88. The summed E-state index contributed by atoms with van der Waals surface area (Å²) >= 11 is 0. The Morgan fingerprint density at radius 1 is 1.13 bits per heavy atom. The average Bonchev–Trinajstić information content (AvgIpc) is 2.31. The molecule has 0 fully saturated rings. The Morgan fingerprint density at radius 3 is 2.80 bits per heavy atom. The van der Waals surface area contributed by atoms with Gasteiger partial charge in [-0.3, -0.25) is 4.98 Å². The van der Waals surface area contributed by atoms with Crippen molar-refractivity contribution in [2.45, 2.75) is 6.92 Å². The third kappa shape index (κ3) is 2.28. The molecule has 2 aromatic heterocycles. The van der Waals surface area contributed by atoms with Gasteiger partial charge in [0.2, 0.25) is 5.88 Å². The number of ether oxygens (including phenoxy) is 1. The minimum Gasteiger partial charge on any atom is -0.478 e. The van der Waals surface area contributed by atoms with E-state index < -0.39 is 0 Å². The zero-order valence-electron chi connectivity index (χ0n) is 8.42.